The van der Waals surface area contributed by atoms with Crippen LogP contribution in [-0.2, 0) is 0 Å². The van der Waals surface area contributed by atoms with E-state index in [1.54, 1.807) is 37.3 Å². The Hall–Kier alpha value is -3.02. The Kier molecular flexibility index (Phi) is 4.08. The van der Waals surface area contributed by atoms with E-state index in [2.05, 4.69) is 10.5 Å². The highest BCUT2D eigenvalue weighted by Gasteiger charge is 2.09. The lowest BCUT2D eigenvalue weighted by molar-refractivity contribution is 0.102. The molecule has 0 heterocycles. The SMILES string of the molecule is Cc1cc(C(=O)Nc2cccc(/C(N)=N/O)c2)ccc1O. The van der Waals surface area contributed by atoms with Crippen LogP contribution in [0.5, 0.6) is 5.75 Å². The van der Waals surface area contributed by atoms with E-state index in [1.807, 2.05) is 0 Å². The molecule has 2 aromatic carbocycles. The van der Waals surface area contributed by atoms with Crippen molar-refractivity contribution in [2.75, 3.05) is 5.32 Å². The highest BCUT2D eigenvalue weighted by atomic mass is 16.4. The molecule has 0 unspecified atom stereocenters. The maximum atomic E-state index is 12.1. The number of carbonyl (C=O) groups excluding carboxylic acids is 1. The summed E-state index contributed by atoms with van der Waals surface area (Å²) >= 11 is 0. The summed E-state index contributed by atoms with van der Waals surface area (Å²) in [6.45, 7) is 1.71. The largest absolute Gasteiger partial charge is 0.508 e. The molecule has 6 heteroatoms. The molecular weight excluding hydrogens is 270 g/mol. The smallest absolute Gasteiger partial charge is 0.255 e. The molecule has 0 fully saturated rings. The number of hydrogen-bond donors (Lipinski definition) is 4. The monoisotopic (exact) mass is 285 g/mol. The summed E-state index contributed by atoms with van der Waals surface area (Å²) in [6.07, 6.45) is 0. The second-order valence-electron chi connectivity index (χ2n) is 4.52. The number of anilines is 1. The molecule has 0 aliphatic heterocycles. The minimum Gasteiger partial charge on any atom is -0.508 e. The molecule has 0 spiro atoms. The highest BCUT2D eigenvalue weighted by molar-refractivity contribution is 6.05. The first kappa shape index (κ1) is 14.4. The minimum absolute atomic E-state index is 0.0356. The molecule has 0 saturated carbocycles. The van der Waals surface area contributed by atoms with Crippen molar-refractivity contribution in [2.24, 2.45) is 10.9 Å². The minimum atomic E-state index is -0.310. The summed E-state index contributed by atoms with van der Waals surface area (Å²) in [5, 5.41) is 23.7. The lowest BCUT2D eigenvalue weighted by Crippen LogP contribution is -2.15. The van der Waals surface area contributed by atoms with Gasteiger partial charge < -0.3 is 21.4 Å². The van der Waals surface area contributed by atoms with Gasteiger partial charge in [0.1, 0.15) is 5.75 Å². The maximum Gasteiger partial charge on any atom is 0.255 e. The van der Waals surface area contributed by atoms with Gasteiger partial charge in [-0.3, -0.25) is 4.79 Å². The van der Waals surface area contributed by atoms with Gasteiger partial charge in [0.25, 0.3) is 5.91 Å². The predicted octanol–water partition coefficient (Wildman–Crippen LogP) is 2.05. The van der Waals surface area contributed by atoms with E-state index in [4.69, 9.17) is 10.9 Å². The number of aromatic hydroxyl groups is 1. The number of phenolic OH excluding ortho intramolecular Hbond substituents is 1. The van der Waals surface area contributed by atoms with Crippen LogP contribution in [0.1, 0.15) is 21.5 Å². The Morgan fingerprint density at radius 3 is 2.62 bits per heavy atom. The van der Waals surface area contributed by atoms with E-state index in [-0.39, 0.29) is 17.5 Å². The second kappa shape index (κ2) is 5.96. The fraction of sp³-hybridized carbons (Fsp3) is 0.0667. The summed E-state index contributed by atoms with van der Waals surface area (Å²) < 4.78 is 0. The Labute approximate surface area is 121 Å². The Morgan fingerprint density at radius 2 is 1.95 bits per heavy atom. The number of phenols is 1. The number of nitrogens with one attached hydrogen (secondary N) is 1. The number of amides is 1. The zero-order chi connectivity index (χ0) is 15.4. The lowest BCUT2D eigenvalue weighted by atomic mass is 10.1. The molecule has 0 radical (unpaired) electrons. The molecular formula is C15H15N3O3. The predicted molar refractivity (Wildman–Crippen MR) is 79.7 cm³/mol. The van der Waals surface area contributed by atoms with Crippen LogP contribution >= 0.6 is 0 Å². The van der Waals surface area contributed by atoms with Crippen molar-refractivity contribution in [1.29, 1.82) is 0 Å². The molecule has 108 valence electrons. The first-order valence-corrected chi connectivity index (χ1v) is 6.20. The van der Waals surface area contributed by atoms with Crippen LogP contribution in [0.25, 0.3) is 0 Å². The number of nitrogens with two attached hydrogens (primary N) is 1. The second-order valence-corrected chi connectivity index (χ2v) is 4.52. The summed E-state index contributed by atoms with van der Waals surface area (Å²) in [5.41, 5.74) is 7.57. The molecule has 6 nitrogen and oxygen atoms in total. The third-order valence-electron chi connectivity index (χ3n) is 2.98. The maximum absolute atomic E-state index is 12.1. The number of carbonyl (C=O) groups is 1. The zero-order valence-electron chi connectivity index (χ0n) is 11.4. The number of hydrogen-bond acceptors (Lipinski definition) is 4. The molecule has 1 amide bonds. The number of oxime groups is 1. The Balaban J connectivity index is 2.21. The molecule has 5 N–H and O–H groups in total. The fourth-order valence-electron chi connectivity index (χ4n) is 1.81. The molecule has 0 bridgehead atoms. The van der Waals surface area contributed by atoms with Gasteiger partial charge in [-0.2, -0.15) is 0 Å². The molecule has 0 aliphatic carbocycles. The first-order valence-electron chi connectivity index (χ1n) is 6.20. The van der Waals surface area contributed by atoms with Crippen molar-refractivity contribution in [1.82, 2.24) is 0 Å². The lowest BCUT2D eigenvalue weighted by Gasteiger charge is -2.08. The number of benzene rings is 2. The third kappa shape index (κ3) is 3.30. The van der Waals surface area contributed by atoms with Gasteiger partial charge in [-0.05, 0) is 42.8 Å². The van der Waals surface area contributed by atoms with Crippen molar-refractivity contribution < 1.29 is 15.1 Å². The van der Waals surface area contributed by atoms with Crippen LogP contribution in [0.4, 0.5) is 5.69 Å². The van der Waals surface area contributed by atoms with Crippen molar-refractivity contribution in [2.45, 2.75) is 6.92 Å². The topological polar surface area (TPSA) is 108 Å². The Morgan fingerprint density at radius 1 is 1.19 bits per heavy atom. The molecule has 21 heavy (non-hydrogen) atoms. The average Bonchev–Trinajstić information content (AvgIpc) is 2.49. The van der Waals surface area contributed by atoms with E-state index in [0.29, 0.717) is 22.4 Å². The van der Waals surface area contributed by atoms with Crippen LogP contribution in [0.3, 0.4) is 0 Å². The normalized spacial score (nSPS) is 11.2. The van der Waals surface area contributed by atoms with Crippen LogP contribution in [0, 0.1) is 6.92 Å². The van der Waals surface area contributed by atoms with Gasteiger partial charge in [-0.15, -0.1) is 0 Å². The van der Waals surface area contributed by atoms with E-state index in [1.165, 1.54) is 12.1 Å². The van der Waals surface area contributed by atoms with Gasteiger partial charge in [0.15, 0.2) is 5.84 Å². The van der Waals surface area contributed by atoms with Gasteiger partial charge in [-0.25, -0.2) is 0 Å². The molecule has 0 aliphatic rings. The van der Waals surface area contributed by atoms with Crippen LogP contribution in [0.15, 0.2) is 47.6 Å². The fourth-order valence-corrected chi connectivity index (χ4v) is 1.81. The van der Waals surface area contributed by atoms with E-state index >= 15 is 0 Å². The van der Waals surface area contributed by atoms with Crippen LogP contribution in [-0.4, -0.2) is 22.1 Å². The Bertz CT molecular complexity index is 711. The summed E-state index contributed by atoms with van der Waals surface area (Å²) in [7, 11) is 0. The van der Waals surface area contributed by atoms with E-state index in [0.717, 1.165) is 0 Å². The molecule has 0 saturated heterocycles. The number of nitrogens with zero attached hydrogens (tertiary/aromatic N) is 1. The molecule has 0 aromatic heterocycles. The van der Waals surface area contributed by atoms with E-state index < -0.39 is 0 Å². The van der Waals surface area contributed by atoms with Gasteiger partial charge in [0.05, 0.1) is 0 Å². The number of amidine groups is 1. The van der Waals surface area contributed by atoms with Crippen molar-refractivity contribution in [3.63, 3.8) is 0 Å². The van der Waals surface area contributed by atoms with Crippen LogP contribution in [0.2, 0.25) is 0 Å². The van der Waals surface area contributed by atoms with Gasteiger partial charge in [0, 0.05) is 16.8 Å². The van der Waals surface area contributed by atoms with E-state index in [9.17, 15) is 9.90 Å². The zero-order valence-corrected chi connectivity index (χ0v) is 11.4. The van der Waals surface area contributed by atoms with Gasteiger partial charge in [0.2, 0.25) is 0 Å². The molecule has 0 atom stereocenters. The van der Waals surface area contributed by atoms with Crippen molar-refractivity contribution in [3.05, 3.63) is 59.2 Å². The van der Waals surface area contributed by atoms with Gasteiger partial charge >= 0.3 is 0 Å². The standard InChI is InChI=1S/C15H15N3O3/c1-9-7-11(5-6-13(9)19)15(20)17-12-4-2-3-10(8-12)14(16)18-21/h2-8,19,21H,1H3,(H2,16,18)(H,17,20). The molecule has 2 rings (SSSR count). The van der Waals surface area contributed by atoms with Crippen molar-refractivity contribution in [3.8, 4) is 5.75 Å². The highest BCUT2D eigenvalue weighted by Crippen LogP contribution is 2.18. The summed E-state index contributed by atoms with van der Waals surface area (Å²) in [5.74, 6) is -0.207. The third-order valence-corrected chi connectivity index (χ3v) is 2.98. The summed E-state index contributed by atoms with van der Waals surface area (Å²) in [4.78, 5) is 12.1. The van der Waals surface area contributed by atoms with Gasteiger partial charge in [-0.1, -0.05) is 17.3 Å². The molecule has 2 aromatic rings. The van der Waals surface area contributed by atoms with Crippen molar-refractivity contribution >= 4 is 17.4 Å². The summed E-state index contributed by atoms with van der Waals surface area (Å²) in [6, 6.07) is 11.2. The number of aryl methyl sites for hydroxylation is 1. The van der Waals surface area contributed by atoms with Crippen LogP contribution < -0.4 is 11.1 Å². The average molecular weight is 285 g/mol. The first-order chi connectivity index (χ1) is 10.0. The quantitative estimate of drug-likeness (QED) is 0.299. The number of rotatable bonds is 3.